The first-order valence-corrected chi connectivity index (χ1v) is 26.3. The Labute approximate surface area is 394 Å². The van der Waals surface area contributed by atoms with E-state index in [1.807, 2.05) is 0 Å². The van der Waals surface area contributed by atoms with Gasteiger partial charge in [0.25, 0.3) is 0 Å². The van der Waals surface area contributed by atoms with Gasteiger partial charge in [-0.05, 0) is 77.0 Å². The third-order valence-electron chi connectivity index (χ3n) is 11.6. The maximum atomic E-state index is 12.8. The van der Waals surface area contributed by atoms with Crippen molar-refractivity contribution in [2.24, 2.45) is 0 Å². The molecule has 8 heteroatoms. The van der Waals surface area contributed by atoms with Crippen LogP contribution < -0.4 is 5.11 Å². The highest BCUT2D eigenvalue weighted by Crippen LogP contribution is 2.15. The molecule has 0 aliphatic carbocycles. The Morgan fingerprint density at radius 1 is 0.484 bits per heavy atom. The summed E-state index contributed by atoms with van der Waals surface area (Å²) < 4.78 is 17.2. The van der Waals surface area contributed by atoms with E-state index >= 15 is 0 Å². The standard InChI is InChI=1S/C56H99NO7/c1-6-8-10-12-14-16-18-20-22-24-26-28-30-32-34-36-38-40-42-44-46-54(58)63-51-52(50-62-49-48-53(56(60)61)57(3,4)5)64-55(59)47-45-43-41-39-37-35-33-31-29-27-25-23-21-19-17-15-13-11-9-7-2/h9,11,15,17,21,23,26-29,52-53H,6-8,10,12-14,16,18-20,22,24-25,30-51H2,1-5H3/b11-9+,17-15+,23-21+,28-26+,29-27+. The monoisotopic (exact) mass is 898 g/mol. The lowest BCUT2D eigenvalue weighted by molar-refractivity contribution is -0.889. The van der Waals surface area contributed by atoms with E-state index in [0.717, 1.165) is 77.0 Å². The van der Waals surface area contributed by atoms with Gasteiger partial charge >= 0.3 is 11.9 Å². The lowest BCUT2D eigenvalue weighted by Gasteiger charge is -2.34. The molecule has 0 spiro atoms. The molecule has 2 unspecified atom stereocenters. The number of allylic oxidation sites excluding steroid dienone is 10. The summed E-state index contributed by atoms with van der Waals surface area (Å²) in [4.78, 5) is 37.1. The van der Waals surface area contributed by atoms with Crippen molar-refractivity contribution in [2.75, 3.05) is 41.0 Å². The summed E-state index contributed by atoms with van der Waals surface area (Å²) in [7, 11) is 5.41. The Kier molecular flexibility index (Phi) is 44.4. The summed E-state index contributed by atoms with van der Waals surface area (Å²) in [6.45, 7) is 4.55. The molecule has 2 atom stereocenters. The van der Waals surface area contributed by atoms with Crippen LogP contribution in [-0.4, -0.2) is 75.5 Å². The molecule has 0 aromatic heterocycles. The Bertz CT molecular complexity index is 1230. The van der Waals surface area contributed by atoms with E-state index in [2.05, 4.69) is 74.6 Å². The number of unbranched alkanes of at least 4 members (excludes halogenated alkanes) is 23. The van der Waals surface area contributed by atoms with Crippen molar-refractivity contribution in [3.63, 3.8) is 0 Å². The molecule has 0 aromatic rings. The number of rotatable bonds is 47. The number of ether oxygens (including phenoxy) is 3. The molecule has 0 aliphatic rings. The highest BCUT2D eigenvalue weighted by Gasteiger charge is 2.25. The molecule has 0 aromatic carbocycles. The molecule has 8 nitrogen and oxygen atoms in total. The average molecular weight is 898 g/mol. The zero-order chi connectivity index (χ0) is 47.0. The zero-order valence-electron chi connectivity index (χ0n) is 42.2. The SMILES string of the molecule is CC/C=C/C/C=C/C/C=C/C/C=C/CCCCCCCCCC(=O)OC(COCCC(C(=O)[O-])[N+](C)(C)C)COC(=O)CCCCCCCCC/C=C/CCCCCCCCCCC. The lowest BCUT2D eigenvalue weighted by atomic mass is 10.1. The van der Waals surface area contributed by atoms with Gasteiger partial charge in [0.2, 0.25) is 0 Å². The van der Waals surface area contributed by atoms with Crippen molar-refractivity contribution in [2.45, 2.75) is 238 Å². The quantitative estimate of drug-likeness (QED) is 0.0259. The van der Waals surface area contributed by atoms with E-state index in [0.29, 0.717) is 12.8 Å². The van der Waals surface area contributed by atoms with Crippen LogP contribution >= 0.6 is 0 Å². The second kappa shape index (κ2) is 46.6. The normalized spacial score (nSPS) is 13.3. The largest absolute Gasteiger partial charge is 0.544 e. The molecule has 64 heavy (non-hydrogen) atoms. The summed E-state index contributed by atoms with van der Waals surface area (Å²) in [5, 5.41) is 11.7. The molecular weight excluding hydrogens is 799 g/mol. The Balaban J connectivity index is 4.26. The molecule has 0 heterocycles. The molecular formula is C56H99NO7. The number of carboxylic acids is 1. The van der Waals surface area contributed by atoms with E-state index in [1.54, 1.807) is 21.1 Å². The summed E-state index contributed by atoms with van der Waals surface area (Å²) in [5.41, 5.74) is 0. The van der Waals surface area contributed by atoms with Crippen LogP contribution in [0.1, 0.15) is 226 Å². The first kappa shape index (κ1) is 61.0. The summed E-state index contributed by atoms with van der Waals surface area (Å²) in [6.07, 6.45) is 58.2. The van der Waals surface area contributed by atoms with Crippen molar-refractivity contribution >= 4 is 17.9 Å². The summed E-state index contributed by atoms with van der Waals surface area (Å²) >= 11 is 0. The molecule has 0 radical (unpaired) electrons. The molecule has 370 valence electrons. The minimum Gasteiger partial charge on any atom is -0.544 e. The number of likely N-dealkylation sites (N-methyl/N-ethyl adjacent to an activating group) is 1. The van der Waals surface area contributed by atoms with Crippen LogP contribution in [0.5, 0.6) is 0 Å². The van der Waals surface area contributed by atoms with Gasteiger partial charge in [0.15, 0.2) is 6.10 Å². The van der Waals surface area contributed by atoms with Gasteiger partial charge in [0, 0.05) is 19.3 Å². The Hall–Kier alpha value is -2.97. The predicted octanol–water partition coefficient (Wildman–Crippen LogP) is 14.0. The number of carbonyl (C=O) groups is 3. The van der Waals surface area contributed by atoms with E-state index in [-0.39, 0.29) is 42.7 Å². The summed E-state index contributed by atoms with van der Waals surface area (Å²) in [5.74, 6) is -1.75. The molecule has 0 fully saturated rings. The molecule has 0 saturated heterocycles. The number of hydrogen-bond donors (Lipinski definition) is 0. The second-order valence-electron chi connectivity index (χ2n) is 18.7. The smallest absolute Gasteiger partial charge is 0.306 e. The molecule has 0 bridgehead atoms. The maximum Gasteiger partial charge on any atom is 0.306 e. The minimum absolute atomic E-state index is 0.0337. The first-order valence-electron chi connectivity index (χ1n) is 26.3. The van der Waals surface area contributed by atoms with Crippen LogP contribution in [0, 0.1) is 0 Å². The average Bonchev–Trinajstić information content (AvgIpc) is 3.26. The van der Waals surface area contributed by atoms with Crippen molar-refractivity contribution in [3.05, 3.63) is 60.8 Å². The van der Waals surface area contributed by atoms with Crippen LogP contribution in [0.2, 0.25) is 0 Å². The molecule has 0 N–H and O–H groups in total. The van der Waals surface area contributed by atoms with Gasteiger partial charge in [-0.15, -0.1) is 0 Å². The number of carboxylic acid groups (broad SMARTS) is 1. The molecule has 0 rings (SSSR count). The maximum absolute atomic E-state index is 12.8. The van der Waals surface area contributed by atoms with Crippen LogP contribution in [0.25, 0.3) is 0 Å². The number of esters is 2. The van der Waals surface area contributed by atoms with Gasteiger partial charge in [0.05, 0.1) is 40.3 Å². The topological polar surface area (TPSA) is 102 Å². The Morgan fingerprint density at radius 2 is 0.875 bits per heavy atom. The highest BCUT2D eigenvalue weighted by molar-refractivity contribution is 5.70. The first-order chi connectivity index (χ1) is 31.1. The Morgan fingerprint density at radius 3 is 1.31 bits per heavy atom. The van der Waals surface area contributed by atoms with Crippen molar-refractivity contribution in [1.29, 1.82) is 0 Å². The van der Waals surface area contributed by atoms with Crippen molar-refractivity contribution < 1.29 is 38.2 Å². The number of hydrogen-bond acceptors (Lipinski definition) is 7. The van der Waals surface area contributed by atoms with E-state index in [9.17, 15) is 19.5 Å². The van der Waals surface area contributed by atoms with Crippen LogP contribution in [0.3, 0.4) is 0 Å². The van der Waals surface area contributed by atoms with Gasteiger partial charge in [-0.1, -0.05) is 190 Å². The van der Waals surface area contributed by atoms with E-state index in [1.165, 1.54) is 116 Å². The molecule has 0 saturated carbocycles. The fourth-order valence-corrected chi connectivity index (χ4v) is 7.59. The number of aliphatic carboxylic acids is 1. The second-order valence-corrected chi connectivity index (χ2v) is 18.7. The van der Waals surface area contributed by atoms with Gasteiger partial charge < -0.3 is 28.6 Å². The third-order valence-corrected chi connectivity index (χ3v) is 11.6. The third kappa shape index (κ3) is 44.2. The number of carbonyl (C=O) groups excluding carboxylic acids is 3. The van der Waals surface area contributed by atoms with Gasteiger partial charge in [-0.3, -0.25) is 9.59 Å². The lowest BCUT2D eigenvalue weighted by Crippen LogP contribution is -2.55. The van der Waals surface area contributed by atoms with Gasteiger partial charge in [-0.2, -0.15) is 0 Å². The van der Waals surface area contributed by atoms with Gasteiger partial charge in [-0.25, -0.2) is 0 Å². The number of nitrogens with zero attached hydrogens (tertiary/aromatic N) is 1. The van der Waals surface area contributed by atoms with Crippen LogP contribution in [0.4, 0.5) is 0 Å². The molecule has 0 amide bonds. The van der Waals surface area contributed by atoms with Crippen LogP contribution in [0.15, 0.2) is 60.8 Å². The van der Waals surface area contributed by atoms with E-state index < -0.39 is 18.1 Å². The van der Waals surface area contributed by atoms with Crippen LogP contribution in [-0.2, 0) is 28.6 Å². The number of quaternary nitrogens is 1. The highest BCUT2D eigenvalue weighted by atomic mass is 16.6. The van der Waals surface area contributed by atoms with E-state index in [4.69, 9.17) is 14.2 Å². The zero-order valence-corrected chi connectivity index (χ0v) is 42.2. The van der Waals surface area contributed by atoms with Gasteiger partial charge in [0.1, 0.15) is 12.6 Å². The fraction of sp³-hybridized carbons (Fsp3) is 0.768. The molecule has 0 aliphatic heterocycles. The predicted molar refractivity (Wildman–Crippen MR) is 268 cm³/mol. The van der Waals surface area contributed by atoms with Crippen molar-refractivity contribution in [1.82, 2.24) is 0 Å². The van der Waals surface area contributed by atoms with Crippen molar-refractivity contribution in [3.8, 4) is 0 Å². The summed E-state index contributed by atoms with van der Waals surface area (Å²) in [6, 6.07) is -0.731. The fourth-order valence-electron chi connectivity index (χ4n) is 7.59. The minimum atomic E-state index is -1.13.